The summed E-state index contributed by atoms with van der Waals surface area (Å²) >= 11 is 0. The van der Waals surface area contributed by atoms with E-state index in [0.29, 0.717) is 5.78 Å². The summed E-state index contributed by atoms with van der Waals surface area (Å²) in [6.45, 7) is 5.64. The minimum Gasteiger partial charge on any atom is -0.295 e. The summed E-state index contributed by atoms with van der Waals surface area (Å²) < 4.78 is 0. The molecule has 0 aromatic carbocycles. The predicted molar refractivity (Wildman–Crippen MR) is 41.8 cm³/mol. The first kappa shape index (κ1) is 7.26. The lowest BCUT2D eigenvalue weighted by Gasteiger charge is -1.91. The van der Waals surface area contributed by atoms with Gasteiger partial charge in [0.2, 0.25) is 0 Å². The van der Waals surface area contributed by atoms with Gasteiger partial charge in [0, 0.05) is 6.42 Å². The molecular formula is C9H12O. The Kier molecular flexibility index (Phi) is 2.05. The second kappa shape index (κ2) is 2.82. The first-order chi connectivity index (χ1) is 4.70. The maximum atomic E-state index is 11.0. The number of hydrogen-bond donors (Lipinski definition) is 0. The van der Waals surface area contributed by atoms with Gasteiger partial charge < -0.3 is 0 Å². The Labute approximate surface area is 61.4 Å². The lowest BCUT2D eigenvalue weighted by atomic mass is 10.1. The van der Waals surface area contributed by atoms with Gasteiger partial charge >= 0.3 is 0 Å². The van der Waals surface area contributed by atoms with Crippen molar-refractivity contribution in [1.82, 2.24) is 0 Å². The first-order valence-electron chi connectivity index (χ1n) is 3.59. The Balaban J connectivity index is 2.72. The van der Waals surface area contributed by atoms with E-state index in [1.165, 1.54) is 0 Å². The summed E-state index contributed by atoms with van der Waals surface area (Å²) in [7, 11) is 0. The quantitative estimate of drug-likeness (QED) is 0.505. The smallest absolute Gasteiger partial charge is 0.158 e. The van der Waals surface area contributed by atoms with Gasteiger partial charge in [-0.25, -0.2) is 0 Å². The van der Waals surface area contributed by atoms with Crippen molar-refractivity contribution in [2.24, 2.45) is 0 Å². The summed E-state index contributed by atoms with van der Waals surface area (Å²) in [5.41, 5.74) is 1.94. The highest BCUT2D eigenvalue weighted by Gasteiger charge is 2.15. The second-order valence-corrected chi connectivity index (χ2v) is 2.79. The van der Waals surface area contributed by atoms with Crippen LogP contribution in [0.15, 0.2) is 23.8 Å². The van der Waals surface area contributed by atoms with Crippen LogP contribution in [0, 0.1) is 0 Å². The van der Waals surface area contributed by atoms with Gasteiger partial charge in [0.1, 0.15) is 0 Å². The van der Waals surface area contributed by atoms with Crippen LogP contribution in [0.3, 0.4) is 0 Å². The van der Waals surface area contributed by atoms with Crippen molar-refractivity contribution in [3.05, 3.63) is 23.8 Å². The number of hydrogen-bond acceptors (Lipinski definition) is 1. The van der Waals surface area contributed by atoms with Crippen molar-refractivity contribution in [3.63, 3.8) is 0 Å². The lowest BCUT2D eigenvalue weighted by molar-refractivity contribution is -0.114. The third kappa shape index (κ3) is 1.56. The minimum absolute atomic E-state index is 0.308. The highest BCUT2D eigenvalue weighted by Crippen LogP contribution is 2.20. The Bertz CT molecular complexity index is 199. The topological polar surface area (TPSA) is 17.1 Å². The largest absolute Gasteiger partial charge is 0.295 e. The van der Waals surface area contributed by atoms with Crippen LogP contribution in [0.25, 0.3) is 0 Å². The van der Waals surface area contributed by atoms with Crippen LogP contribution in [-0.4, -0.2) is 5.78 Å². The van der Waals surface area contributed by atoms with E-state index in [4.69, 9.17) is 0 Å². The van der Waals surface area contributed by atoms with Gasteiger partial charge in [-0.1, -0.05) is 18.2 Å². The van der Waals surface area contributed by atoms with E-state index >= 15 is 0 Å². The number of Topliss-reactive ketones (excluding diaryl/α,β-unsaturated/α-hetero) is 1. The number of rotatable bonds is 1. The van der Waals surface area contributed by atoms with Crippen LogP contribution < -0.4 is 0 Å². The molecule has 0 spiro atoms. The number of carbonyl (C=O) groups is 1. The molecule has 1 aliphatic carbocycles. The van der Waals surface area contributed by atoms with E-state index in [0.717, 1.165) is 30.4 Å². The molecule has 1 aliphatic rings. The summed E-state index contributed by atoms with van der Waals surface area (Å²) in [6.07, 6.45) is 4.61. The zero-order chi connectivity index (χ0) is 7.56. The summed E-state index contributed by atoms with van der Waals surface area (Å²) in [4.78, 5) is 11.0. The predicted octanol–water partition coefficient (Wildman–Crippen LogP) is 2.24. The molecule has 1 fully saturated rings. The molecule has 1 saturated carbocycles. The zero-order valence-corrected chi connectivity index (χ0v) is 6.31. The Morgan fingerprint density at radius 2 is 2.30 bits per heavy atom. The van der Waals surface area contributed by atoms with Gasteiger partial charge in [-0.3, -0.25) is 4.79 Å². The van der Waals surface area contributed by atoms with E-state index in [-0.39, 0.29) is 0 Å². The molecule has 0 aliphatic heterocycles. The summed E-state index contributed by atoms with van der Waals surface area (Å²) in [6, 6.07) is 0. The van der Waals surface area contributed by atoms with Crippen LogP contribution in [-0.2, 0) is 4.79 Å². The molecule has 0 aromatic heterocycles. The molecule has 54 valence electrons. The van der Waals surface area contributed by atoms with Crippen LogP contribution in [0.2, 0.25) is 0 Å². The fourth-order valence-electron chi connectivity index (χ4n) is 1.19. The van der Waals surface area contributed by atoms with Crippen molar-refractivity contribution < 1.29 is 4.79 Å². The van der Waals surface area contributed by atoms with E-state index in [2.05, 4.69) is 6.58 Å². The molecular weight excluding hydrogens is 124 g/mol. The lowest BCUT2D eigenvalue weighted by Crippen LogP contribution is -1.90. The minimum atomic E-state index is 0.308. The highest BCUT2D eigenvalue weighted by molar-refractivity contribution is 5.97. The van der Waals surface area contributed by atoms with Gasteiger partial charge in [0.15, 0.2) is 5.78 Å². The highest BCUT2D eigenvalue weighted by atomic mass is 16.1. The SMILES string of the molecule is C=C(C)C=C1CCCC1=O. The molecule has 10 heavy (non-hydrogen) atoms. The third-order valence-corrected chi connectivity index (χ3v) is 1.63. The van der Waals surface area contributed by atoms with Crippen LogP contribution in [0.5, 0.6) is 0 Å². The molecule has 0 heterocycles. The monoisotopic (exact) mass is 136 g/mol. The molecule has 0 saturated heterocycles. The number of ketones is 1. The Morgan fingerprint density at radius 1 is 1.60 bits per heavy atom. The van der Waals surface area contributed by atoms with Crippen molar-refractivity contribution in [1.29, 1.82) is 0 Å². The van der Waals surface area contributed by atoms with Gasteiger partial charge in [-0.2, -0.15) is 0 Å². The number of carbonyl (C=O) groups excluding carboxylic acids is 1. The van der Waals surface area contributed by atoms with E-state index < -0.39 is 0 Å². The van der Waals surface area contributed by atoms with Crippen molar-refractivity contribution in [2.45, 2.75) is 26.2 Å². The second-order valence-electron chi connectivity index (χ2n) is 2.79. The molecule has 1 rings (SSSR count). The Morgan fingerprint density at radius 3 is 2.70 bits per heavy atom. The molecule has 1 heteroatoms. The van der Waals surface area contributed by atoms with Crippen LogP contribution >= 0.6 is 0 Å². The summed E-state index contributed by atoms with van der Waals surface area (Å²) in [5.74, 6) is 0.308. The van der Waals surface area contributed by atoms with Crippen molar-refractivity contribution in [2.75, 3.05) is 0 Å². The van der Waals surface area contributed by atoms with Crippen LogP contribution in [0.1, 0.15) is 26.2 Å². The molecule has 0 aromatic rings. The third-order valence-electron chi connectivity index (χ3n) is 1.63. The maximum absolute atomic E-state index is 11.0. The molecule has 1 nitrogen and oxygen atoms in total. The van der Waals surface area contributed by atoms with Crippen molar-refractivity contribution in [3.8, 4) is 0 Å². The molecule has 0 amide bonds. The molecule has 0 bridgehead atoms. The normalized spacial score (nSPS) is 22.1. The number of allylic oxidation sites excluding steroid dienone is 3. The molecule has 0 unspecified atom stereocenters. The van der Waals surface area contributed by atoms with E-state index in [9.17, 15) is 4.79 Å². The maximum Gasteiger partial charge on any atom is 0.158 e. The van der Waals surface area contributed by atoms with Crippen molar-refractivity contribution >= 4 is 5.78 Å². The molecule has 0 radical (unpaired) electrons. The molecule has 0 N–H and O–H groups in total. The average Bonchev–Trinajstić information content (AvgIpc) is 2.15. The van der Waals surface area contributed by atoms with Gasteiger partial charge in [0.25, 0.3) is 0 Å². The Hall–Kier alpha value is -0.850. The van der Waals surface area contributed by atoms with E-state index in [1.807, 2.05) is 13.0 Å². The van der Waals surface area contributed by atoms with Gasteiger partial charge in [-0.15, -0.1) is 0 Å². The zero-order valence-electron chi connectivity index (χ0n) is 6.31. The molecule has 0 atom stereocenters. The first-order valence-corrected chi connectivity index (χ1v) is 3.59. The van der Waals surface area contributed by atoms with Gasteiger partial charge in [-0.05, 0) is 25.3 Å². The average molecular weight is 136 g/mol. The van der Waals surface area contributed by atoms with Gasteiger partial charge in [0.05, 0.1) is 0 Å². The standard InChI is InChI=1S/C9H12O/c1-7(2)6-8-4-3-5-9(8)10/h6H,1,3-5H2,2H3. The van der Waals surface area contributed by atoms with E-state index in [1.54, 1.807) is 0 Å². The fraction of sp³-hybridized carbons (Fsp3) is 0.444. The van der Waals surface area contributed by atoms with Crippen LogP contribution in [0.4, 0.5) is 0 Å². The fourth-order valence-corrected chi connectivity index (χ4v) is 1.19. The summed E-state index contributed by atoms with van der Waals surface area (Å²) in [5, 5.41) is 0.